The van der Waals surface area contributed by atoms with E-state index < -0.39 is 24.0 Å². The first-order valence-corrected chi connectivity index (χ1v) is 14.0. The quantitative estimate of drug-likeness (QED) is 0.176. The van der Waals surface area contributed by atoms with Crippen molar-refractivity contribution in [3.8, 4) is 0 Å². The first-order chi connectivity index (χ1) is 18.2. The lowest BCUT2D eigenvalue weighted by Gasteiger charge is -2.25. The van der Waals surface area contributed by atoms with Crippen molar-refractivity contribution < 1.29 is 19.2 Å². The molecule has 0 aliphatic rings. The number of nitrogens with two attached hydrogens (primary N) is 1. The first kappa shape index (κ1) is 33.9. The van der Waals surface area contributed by atoms with Crippen LogP contribution < -0.4 is 32.3 Å². The predicted octanol–water partition coefficient (Wildman–Crippen LogP) is 3.07. The molecule has 1 aromatic carbocycles. The Balaban J connectivity index is 2.85. The van der Waals surface area contributed by atoms with Crippen LogP contribution in [0, 0.1) is 11.8 Å². The Labute approximate surface area is 234 Å². The minimum absolute atomic E-state index is 0.0322. The molecule has 1 aromatic rings. The number of primary amides is 1. The maximum absolute atomic E-state index is 13.2. The van der Waals surface area contributed by atoms with Gasteiger partial charge in [-0.05, 0) is 82.5 Å². The number of carbonyl (C=O) groups excluding carboxylic acids is 4. The number of hydrogen-bond acceptors (Lipinski definition) is 5. The fourth-order valence-electron chi connectivity index (χ4n) is 3.97. The zero-order chi connectivity index (χ0) is 29.6. The second-order valence-electron chi connectivity index (χ2n) is 11.8. The van der Waals surface area contributed by atoms with Crippen LogP contribution >= 0.6 is 0 Å². The number of rotatable bonds is 16. The van der Waals surface area contributed by atoms with E-state index in [0.29, 0.717) is 31.0 Å². The van der Waals surface area contributed by atoms with Crippen LogP contribution in [-0.4, -0.2) is 54.5 Å². The average Bonchev–Trinajstić information content (AvgIpc) is 2.82. The molecular weight excluding hydrogens is 496 g/mol. The van der Waals surface area contributed by atoms with Crippen molar-refractivity contribution in [2.24, 2.45) is 17.6 Å². The first-order valence-electron chi connectivity index (χ1n) is 14.0. The maximum Gasteiger partial charge on any atom is 0.312 e. The minimum Gasteiger partial charge on any atom is -0.352 e. The molecule has 10 nitrogen and oxygen atoms in total. The molecule has 0 heterocycles. The van der Waals surface area contributed by atoms with Crippen molar-refractivity contribution >= 4 is 29.4 Å². The summed E-state index contributed by atoms with van der Waals surface area (Å²) in [5, 5.41) is 14.4. The third kappa shape index (κ3) is 15.1. The highest BCUT2D eigenvalue weighted by atomic mass is 16.2. The Morgan fingerprint density at radius 1 is 0.872 bits per heavy atom. The molecule has 0 aliphatic carbocycles. The largest absolute Gasteiger partial charge is 0.352 e. The van der Waals surface area contributed by atoms with Gasteiger partial charge in [0.15, 0.2) is 0 Å². The predicted molar refractivity (Wildman–Crippen MR) is 156 cm³/mol. The lowest BCUT2D eigenvalue weighted by atomic mass is 10.0. The molecule has 0 bridgehead atoms. The van der Waals surface area contributed by atoms with Gasteiger partial charge < -0.3 is 32.3 Å². The fraction of sp³-hybridized carbons (Fsp3) is 0.655. The smallest absolute Gasteiger partial charge is 0.312 e. The Morgan fingerprint density at radius 2 is 1.51 bits per heavy atom. The van der Waals surface area contributed by atoms with Gasteiger partial charge in [0.2, 0.25) is 17.7 Å². The van der Waals surface area contributed by atoms with E-state index in [1.807, 2.05) is 38.1 Å². The minimum atomic E-state index is -0.864. The number of carbonyl (C=O) groups is 4. The lowest BCUT2D eigenvalue weighted by Crippen LogP contribution is -2.54. The molecule has 39 heavy (non-hydrogen) atoms. The van der Waals surface area contributed by atoms with Gasteiger partial charge in [0.1, 0.15) is 12.1 Å². The molecule has 220 valence electrons. The second kappa shape index (κ2) is 16.7. The SMILES string of the molecule is CC(C)Cc1ccc(NC(=O)[C@H](CCCNC(N)=O)NC(=O)[C@@H](NC(=O)CCCNC(C)(C)C)C(C)C)cc1. The van der Waals surface area contributed by atoms with Crippen LogP contribution in [0.15, 0.2) is 24.3 Å². The molecule has 0 saturated carbocycles. The van der Waals surface area contributed by atoms with Crippen LogP contribution in [-0.2, 0) is 20.8 Å². The van der Waals surface area contributed by atoms with Gasteiger partial charge >= 0.3 is 6.03 Å². The average molecular weight is 547 g/mol. The third-order valence-electron chi connectivity index (χ3n) is 5.97. The van der Waals surface area contributed by atoms with Crippen molar-refractivity contribution in [2.45, 2.75) is 98.2 Å². The molecule has 0 fully saturated rings. The number of urea groups is 1. The Morgan fingerprint density at radius 3 is 2.05 bits per heavy atom. The number of amides is 5. The van der Waals surface area contributed by atoms with Gasteiger partial charge in [0.25, 0.3) is 0 Å². The van der Waals surface area contributed by atoms with Crippen molar-refractivity contribution in [1.82, 2.24) is 21.3 Å². The lowest BCUT2D eigenvalue weighted by molar-refractivity contribution is -0.132. The van der Waals surface area contributed by atoms with E-state index in [0.717, 1.165) is 6.42 Å². The second-order valence-corrected chi connectivity index (χ2v) is 11.8. The van der Waals surface area contributed by atoms with Crippen LogP contribution in [0.25, 0.3) is 0 Å². The number of anilines is 1. The van der Waals surface area contributed by atoms with Gasteiger partial charge in [-0.15, -0.1) is 0 Å². The summed E-state index contributed by atoms with van der Waals surface area (Å²) in [7, 11) is 0. The summed E-state index contributed by atoms with van der Waals surface area (Å²) in [6.45, 7) is 15.1. The van der Waals surface area contributed by atoms with E-state index in [4.69, 9.17) is 5.73 Å². The molecule has 0 unspecified atom stereocenters. The normalized spacial score (nSPS) is 13.1. The van der Waals surface area contributed by atoms with E-state index in [1.165, 1.54) is 5.56 Å². The van der Waals surface area contributed by atoms with Gasteiger partial charge in [0, 0.05) is 24.2 Å². The van der Waals surface area contributed by atoms with Crippen molar-refractivity contribution in [3.63, 3.8) is 0 Å². The van der Waals surface area contributed by atoms with Gasteiger partial charge in [0.05, 0.1) is 0 Å². The number of hydrogen-bond donors (Lipinski definition) is 6. The van der Waals surface area contributed by atoms with Gasteiger partial charge in [-0.2, -0.15) is 0 Å². The highest BCUT2D eigenvalue weighted by Gasteiger charge is 2.28. The van der Waals surface area contributed by atoms with Crippen LogP contribution in [0.1, 0.15) is 79.7 Å². The van der Waals surface area contributed by atoms with Crippen LogP contribution in [0.4, 0.5) is 10.5 Å². The monoisotopic (exact) mass is 546 g/mol. The van der Waals surface area contributed by atoms with Crippen LogP contribution in [0.5, 0.6) is 0 Å². The fourth-order valence-corrected chi connectivity index (χ4v) is 3.97. The summed E-state index contributed by atoms with van der Waals surface area (Å²) in [6, 6.07) is 5.33. The molecule has 0 radical (unpaired) electrons. The van der Waals surface area contributed by atoms with Crippen molar-refractivity contribution in [1.29, 1.82) is 0 Å². The molecule has 2 atom stereocenters. The van der Waals surface area contributed by atoms with Crippen molar-refractivity contribution in [3.05, 3.63) is 29.8 Å². The van der Waals surface area contributed by atoms with Crippen molar-refractivity contribution in [2.75, 3.05) is 18.4 Å². The summed E-state index contributed by atoms with van der Waals surface area (Å²) in [4.78, 5) is 50.0. The highest BCUT2D eigenvalue weighted by Crippen LogP contribution is 2.14. The molecule has 0 aromatic heterocycles. The highest BCUT2D eigenvalue weighted by molar-refractivity contribution is 5.98. The molecular formula is C29H50N6O4. The van der Waals surface area contributed by atoms with E-state index in [-0.39, 0.29) is 42.7 Å². The van der Waals surface area contributed by atoms with Gasteiger partial charge in [-0.3, -0.25) is 14.4 Å². The van der Waals surface area contributed by atoms with E-state index in [1.54, 1.807) is 0 Å². The van der Waals surface area contributed by atoms with Gasteiger partial charge in [-0.1, -0.05) is 39.8 Å². The zero-order valence-electron chi connectivity index (χ0n) is 24.8. The van der Waals surface area contributed by atoms with Crippen LogP contribution in [0.3, 0.4) is 0 Å². The van der Waals surface area contributed by atoms with E-state index in [2.05, 4.69) is 61.2 Å². The summed E-state index contributed by atoms with van der Waals surface area (Å²) >= 11 is 0. The number of nitrogens with one attached hydrogen (secondary N) is 5. The summed E-state index contributed by atoms with van der Waals surface area (Å²) in [5.74, 6) is -0.681. The number of benzene rings is 1. The molecule has 0 spiro atoms. The standard InChI is InChI=1S/C29H50N6O4/c1-19(2)18-21-12-14-22(15-13-21)33-26(37)23(10-8-16-31-28(30)39)34-27(38)25(20(3)4)35-24(36)11-9-17-32-29(5,6)7/h12-15,19-20,23,25,32H,8-11,16-18H2,1-7H3,(H,33,37)(H,34,38)(H,35,36)(H3,30,31,39)/t23-,25-/m0/s1. The van der Waals surface area contributed by atoms with E-state index >= 15 is 0 Å². The Bertz CT molecular complexity index is 925. The Hall–Kier alpha value is -3.14. The topological polar surface area (TPSA) is 154 Å². The molecule has 1 rings (SSSR count). The summed E-state index contributed by atoms with van der Waals surface area (Å²) < 4.78 is 0. The molecule has 10 heteroatoms. The molecule has 5 amide bonds. The zero-order valence-corrected chi connectivity index (χ0v) is 24.8. The summed E-state index contributed by atoms with van der Waals surface area (Å²) in [5.41, 5.74) is 6.90. The molecule has 0 aliphatic heterocycles. The Kier molecular flexibility index (Phi) is 14.5. The van der Waals surface area contributed by atoms with E-state index in [9.17, 15) is 19.2 Å². The molecule has 0 saturated heterocycles. The molecule has 7 N–H and O–H groups in total. The summed E-state index contributed by atoms with van der Waals surface area (Å²) in [6.07, 6.45) is 2.57. The third-order valence-corrected chi connectivity index (χ3v) is 5.97. The van der Waals surface area contributed by atoms with Crippen LogP contribution in [0.2, 0.25) is 0 Å². The van der Waals surface area contributed by atoms with Gasteiger partial charge in [-0.25, -0.2) is 4.79 Å². The maximum atomic E-state index is 13.2.